The molecule has 1 aromatic rings. The van der Waals surface area contributed by atoms with Crippen LogP contribution in [0, 0.1) is 11.7 Å². The normalized spacial score (nSPS) is 12.7. The van der Waals surface area contributed by atoms with Gasteiger partial charge in [0.05, 0.1) is 0 Å². The van der Waals surface area contributed by atoms with Crippen LogP contribution in [0.4, 0.5) is 0 Å². The molecule has 0 aliphatic carbocycles. The van der Waals surface area contributed by atoms with E-state index in [-0.39, 0.29) is 11.6 Å². The molecule has 15 heavy (non-hydrogen) atoms. The molecule has 0 aromatic carbocycles. The van der Waals surface area contributed by atoms with Crippen molar-refractivity contribution in [3.63, 3.8) is 0 Å². The van der Waals surface area contributed by atoms with Gasteiger partial charge >= 0.3 is 0 Å². The summed E-state index contributed by atoms with van der Waals surface area (Å²) in [6.07, 6.45) is 2.37. The average Bonchev–Trinajstić information content (AvgIpc) is 2.21. The summed E-state index contributed by atoms with van der Waals surface area (Å²) >= 11 is 5.01. The largest absolute Gasteiger partial charge is 0.391 e. The Balaban J connectivity index is 2.82. The molecule has 0 saturated heterocycles. The Morgan fingerprint density at radius 3 is 3.00 bits per heavy atom. The molecule has 0 bridgehead atoms. The maximum atomic E-state index is 11.2. The molecular formula is C9H13BN2O2S. The second-order valence-electron chi connectivity index (χ2n) is 3.33. The summed E-state index contributed by atoms with van der Waals surface area (Å²) in [5.41, 5.74) is 0.488. The number of rotatable bonds is 4. The van der Waals surface area contributed by atoms with E-state index < -0.39 is 0 Å². The van der Waals surface area contributed by atoms with Crippen LogP contribution in [0.5, 0.6) is 0 Å². The molecule has 0 aliphatic heterocycles. The quantitative estimate of drug-likeness (QED) is 0.606. The number of aromatic nitrogens is 2. The van der Waals surface area contributed by atoms with E-state index in [1.165, 1.54) is 0 Å². The zero-order valence-electron chi connectivity index (χ0n) is 8.82. The zero-order valence-corrected chi connectivity index (χ0v) is 9.63. The number of nitrogens with zero attached hydrogens (tertiary/aromatic N) is 1. The summed E-state index contributed by atoms with van der Waals surface area (Å²) in [4.78, 5) is 13.8. The molecule has 0 saturated carbocycles. The van der Waals surface area contributed by atoms with Crippen LogP contribution in [-0.2, 0) is 11.3 Å². The van der Waals surface area contributed by atoms with Gasteiger partial charge in [0.1, 0.15) is 7.85 Å². The van der Waals surface area contributed by atoms with Crippen molar-refractivity contribution in [2.45, 2.75) is 25.9 Å². The minimum atomic E-state index is -0.306. The Labute approximate surface area is 94.7 Å². The van der Waals surface area contributed by atoms with Crippen LogP contribution in [0.2, 0.25) is 0 Å². The van der Waals surface area contributed by atoms with Crippen LogP contribution in [0.1, 0.15) is 12.0 Å². The third kappa shape index (κ3) is 3.32. The molecule has 1 rings (SSSR count). The molecule has 1 aromatic heterocycles. The lowest BCUT2D eigenvalue weighted by Gasteiger charge is -2.11. The van der Waals surface area contributed by atoms with Crippen LogP contribution in [0.3, 0.4) is 0 Å². The number of nitrogens with one attached hydrogen (secondary N) is 1. The smallest absolute Gasteiger partial charge is 0.254 e. The number of aryl methyl sites for hydroxylation is 2. The molecule has 4 nitrogen and oxygen atoms in total. The third-order valence-corrected chi connectivity index (χ3v) is 2.48. The highest BCUT2D eigenvalue weighted by molar-refractivity contribution is 7.71. The monoisotopic (exact) mass is 224 g/mol. The van der Waals surface area contributed by atoms with Crippen LogP contribution in [-0.4, -0.2) is 30.5 Å². The molecule has 2 radical (unpaired) electrons. The minimum Gasteiger partial charge on any atom is -0.391 e. The highest BCUT2D eigenvalue weighted by Gasteiger charge is 2.01. The summed E-state index contributed by atoms with van der Waals surface area (Å²) in [6, 6.07) is -0.306. The van der Waals surface area contributed by atoms with E-state index in [0.29, 0.717) is 23.3 Å². The molecule has 0 aliphatic rings. The van der Waals surface area contributed by atoms with Crippen LogP contribution in [0.15, 0.2) is 11.0 Å². The lowest BCUT2D eigenvalue weighted by Crippen LogP contribution is -2.18. The van der Waals surface area contributed by atoms with Crippen molar-refractivity contribution in [3.8, 4) is 0 Å². The van der Waals surface area contributed by atoms with Gasteiger partial charge in [0.2, 0.25) is 0 Å². The van der Waals surface area contributed by atoms with Crippen molar-refractivity contribution in [3.05, 3.63) is 26.9 Å². The third-order valence-electron chi connectivity index (χ3n) is 2.15. The van der Waals surface area contributed by atoms with Crippen LogP contribution in [0.25, 0.3) is 0 Å². The van der Waals surface area contributed by atoms with E-state index in [0.717, 1.165) is 0 Å². The molecule has 6 heteroatoms. The van der Waals surface area contributed by atoms with Gasteiger partial charge in [0.15, 0.2) is 4.77 Å². The Hall–Kier alpha value is -0.875. The van der Waals surface area contributed by atoms with E-state index in [1.807, 2.05) is 0 Å². The summed E-state index contributed by atoms with van der Waals surface area (Å²) in [6.45, 7) is 2.37. The van der Waals surface area contributed by atoms with Crippen molar-refractivity contribution in [1.29, 1.82) is 0 Å². The van der Waals surface area contributed by atoms with Crippen LogP contribution < -0.4 is 5.56 Å². The molecule has 0 unspecified atom stereocenters. The van der Waals surface area contributed by atoms with E-state index >= 15 is 0 Å². The number of H-pyrrole nitrogens is 1. The van der Waals surface area contributed by atoms with Crippen molar-refractivity contribution >= 4 is 20.1 Å². The summed E-state index contributed by atoms with van der Waals surface area (Å²) in [5, 5.41) is 0. The van der Waals surface area contributed by atoms with E-state index in [2.05, 4.69) is 4.98 Å². The molecule has 0 spiro atoms. The molecule has 1 heterocycles. The van der Waals surface area contributed by atoms with E-state index in [9.17, 15) is 4.79 Å². The SMILES string of the molecule is [B][C@H](CCn1cc(C)c(=O)[nH]c1=S)OC. The van der Waals surface area contributed by atoms with Gasteiger partial charge in [-0.2, -0.15) is 0 Å². The van der Waals surface area contributed by atoms with Crippen molar-refractivity contribution in [1.82, 2.24) is 9.55 Å². The second kappa shape index (κ2) is 5.28. The fourth-order valence-electron chi connectivity index (χ4n) is 1.17. The average molecular weight is 224 g/mol. The predicted molar refractivity (Wildman–Crippen MR) is 61.8 cm³/mol. The lowest BCUT2D eigenvalue weighted by molar-refractivity contribution is 0.154. The molecule has 1 atom stereocenters. The van der Waals surface area contributed by atoms with Gasteiger partial charge in [-0.15, -0.1) is 0 Å². The van der Waals surface area contributed by atoms with Crippen molar-refractivity contribution < 1.29 is 4.74 Å². The maximum Gasteiger partial charge on any atom is 0.254 e. The fraction of sp³-hybridized carbons (Fsp3) is 0.556. The first-order valence-electron chi connectivity index (χ1n) is 4.63. The Morgan fingerprint density at radius 2 is 2.40 bits per heavy atom. The number of methoxy groups -OCH3 is 1. The van der Waals surface area contributed by atoms with Gasteiger partial charge in [-0.25, -0.2) is 0 Å². The Kier molecular flexibility index (Phi) is 4.29. The number of hydrogen-bond donors (Lipinski definition) is 1. The fourth-order valence-corrected chi connectivity index (χ4v) is 1.41. The minimum absolute atomic E-state index is 0.146. The molecule has 1 N–H and O–H groups in total. The highest BCUT2D eigenvalue weighted by atomic mass is 32.1. The first-order chi connectivity index (χ1) is 7.04. The van der Waals surface area contributed by atoms with Gasteiger partial charge in [-0.05, 0) is 25.6 Å². The number of aromatic amines is 1. The molecule has 0 amide bonds. The first-order valence-corrected chi connectivity index (χ1v) is 5.04. The summed E-state index contributed by atoms with van der Waals surface area (Å²) in [7, 11) is 7.15. The topological polar surface area (TPSA) is 47.0 Å². The first kappa shape index (κ1) is 12.2. The summed E-state index contributed by atoms with van der Waals surface area (Å²) in [5.74, 6) is 0. The number of hydrogen-bond acceptors (Lipinski definition) is 3. The maximum absolute atomic E-state index is 11.2. The standard InChI is InChI=1S/C9H13BN2O2S/c1-6-5-12(4-3-7(10)14-2)9(15)11-8(6)13/h5,7H,3-4H2,1-2H3,(H,11,13,15)/t7-/m0/s1. The van der Waals surface area contributed by atoms with Gasteiger partial charge < -0.3 is 9.30 Å². The van der Waals surface area contributed by atoms with Gasteiger partial charge in [-0.1, -0.05) is 0 Å². The molecular weight excluding hydrogens is 211 g/mol. The Morgan fingerprint density at radius 1 is 1.73 bits per heavy atom. The van der Waals surface area contributed by atoms with E-state index in [1.54, 1.807) is 24.8 Å². The van der Waals surface area contributed by atoms with Crippen molar-refractivity contribution in [2.24, 2.45) is 0 Å². The molecule has 80 valence electrons. The molecule has 0 fully saturated rings. The van der Waals surface area contributed by atoms with E-state index in [4.69, 9.17) is 24.8 Å². The predicted octanol–water partition coefficient (Wildman–Crippen LogP) is 0.745. The second-order valence-corrected chi connectivity index (χ2v) is 3.71. The van der Waals surface area contributed by atoms with Crippen molar-refractivity contribution in [2.75, 3.05) is 7.11 Å². The number of ether oxygens (including phenoxy) is 1. The highest BCUT2D eigenvalue weighted by Crippen LogP contribution is 1.98. The lowest BCUT2D eigenvalue weighted by atomic mass is 9.97. The van der Waals surface area contributed by atoms with Gasteiger partial charge in [0.25, 0.3) is 5.56 Å². The zero-order chi connectivity index (χ0) is 11.4. The van der Waals surface area contributed by atoms with Gasteiger partial charge in [-0.3, -0.25) is 9.78 Å². The van der Waals surface area contributed by atoms with Crippen LogP contribution >= 0.6 is 12.2 Å². The Bertz CT molecular complexity index is 440. The summed E-state index contributed by atoms with van der Waals surface area (Å²) < 4.78 is 7.12. The van der Waals surface area contributed by atoms with Gasteiger partial charge in [0, 0.05) is 31.4 Å².